The highest BCUT2D eigenvalue weighted by atomic mass is 28.4. The Bertz CT molecular complexity index is 1710. The van der Waals surface area contributed by atoms with Crippen molar-refractivity contribution in [2.45, 2.75) is 340 Å². The second kappa shape index (κ2) is 63.4. The molecule has 0 spiro atoms. The first-order valence-electron chi connectivity index (χ1n) is 41.0. The van der Waals surface area contributed by atoms with Crippen molar-refractivity contribution in [2.24, 2.45) is 0 Å². The highest BCUT2D eigenvalue weighted by Crippen LogP contribution is 2.80. The molecule has 0 radical (unpaired) electrons. The summed E-state index contributed by atoms with van der Waals surface area (Å²) in [4.78, 5) is 36.2. The zero-order chi connectivity index (χ0) is 73.1. The molecule has 0 aliphatic carbocycles. The summed E-state index contributed by atoms with van der Waals surface area (Å²) in [6, 6.07) is 0. The monoisotopic (exact) mass is 1560 g/mol. The lowest BCUT2D eigenvalue weighted by Crippen LogP contribution is -2.74. The van der Waals surface area contributed by atoms with Gasteiger partial charge in [-0.05, 0) is 103 Å². The lowest BCUT2D eigenvalue weighted by Gasteiger charge is -2.63. The van der Waals surface area contributed by atoms with Gasteiger partial charge >= 0.3 is 76.9 Å². The third-order valence-corrected chi connectivity index (χ3v) is 53.2. The molecule has 28 heteroatoms. The number of esters is 2. The topological polar surface area (TPSA) is 191 Å². The van der Waals surface area contributed by atoms with E-state index < -0.39 is 121 Å². The second-order valence-corrected chi connectivity index (χ2v) is 50.5. The van der Waals surface area contributed by atoms with Crippen LogP contribution in [0.25, 0.3) is 0 Å². The number of hydrogen-bond acceptors (Lipinski definition) is 19. The molecule has 0 bridgehead atoms. The van der Waals surface area contributed by atoms with Crippen LogP contribution in [0.5, 0.6) is 0 Å². The van der Waals surface area contributed by atoms with Crippen LogP contribution in [0, 0.1) is 0 Å². The largest absolute Gasteiger partial charge is 0.424 e. The van der Waals surface area contributed by atoms with E-state index in [9.17, 15) is 0 Å². The minimum absolute atomic E-state index is 0.240. The zero-order valence-electron chi connectivity index (χ0n) is 66.7. The molecule has 99 heavy (non-hydrogen) atoms. The molecule has 19 nitrogen and oxygen atoms in total. The Morgan fingerprint density at radius 3 is 0.747 bits per heavy atom. The van der Waals surface area contributed by atoms with Crippen LogP contribution < -0.4 is 0 Å². The van der Waals surface area contributed by atoms with Gasteiger partial charge in [-0.1, -0.05) is 214 Å². The lowest BCUT2D eigenvalue weighted by molar-refractivity contribution is -0.153. The standard InChI is InChI=1S/C71H156O19Si9/c1-17-33-49-74-91-69(92-75-50-34-18-2,71(97(84-59-43-27-11)85-60-44-28-12,98(86-61-45-29-13)87-62-46-30-14)99(88-63-47-31-15)89-64-48-32-16)65(93(76-51-35-19-3)77-52-36-20-4)68(94(78-53-37-21-5)79-54-38-22-6)66(72)90-67(73)70(68,95(80-55-39-23-7)81-56-40-24-8)96(82-57-41-25-9)83-58-42-26-10/h65,93-99H,17-64,91-92H2,1-16H3. The van der Waals surface area contributed by atoms with Crippen LogP contribution in [0.15, 0.2) is 0 Å². The maximum Gasteiger partial charge on any atom is 0.342 e. The Morgan fingerprint density at radius 2 is 0.505 bits per heavy atom. The summed E-state index contributed by atoms with van der Waals surface area (Å²) in [6.45, 7) is 40.2. The van der Waals surface area contributed by atoms with Gasteiger partial charge in [0.25, 0.3) is 0 Å². The average molecular weight is 1570 g/mol. The van der Waals surface area contributed by atoms with Gasteiger partial charge in [0, 0.05) is 116 Å². The van der Waals surface area contributed by atoms with E-state index in [1.165, 1.54) is 0 Å². The first kappa shape index (κ1) is 97.5. The summed E-state index contributed by atoms with van der Waals surface area (Å²) in [7, 11) is -31.2. The maximum absolute atomic E-state index is 18.4. The summed E-state index contributed by atoms with van der Waals surface area (Å²) in [5.74, 6) is -1.48. The van der Waals surface area contributed by atoms with Crippen molar-refractivity contribution in [3.63, 3.8) is 0 Å². The number of carbonyl (C=O) groups excluding carboxylic acids is 2. The van der Waals surface area contributed by atoms with Gasteiger partial charge in [0.2, 0.25) is 0 Å². The first-order chi connectivity index (χ1) is 48.4. The van der Waals surface area contributed by atoms with E-state index >= 15 is 9.59 Å². The highest BCUT2D eigenvalue weighted by molar-refractivity contribution is 6.94. The number of hydrogen-bond donors (Lipinski definition) is 0. The lowest BCUT2D eigenvalue weighted by atomic mass is 9.96. The second-order valence-electron chi connectivity index (χ2n) is 27.3. The Labute approximate surface area is 623 Å². The fraction of sp³-hybridized carbons (Fsp3) is 0.972. The van der Waals surface area contributed by atoms with E-state index in [1.807, 2.05) is 0 Å². The molecule has 1 saturated heterocycles. The predicted octanol–water partition coefficient (Wildman–Crippen LogP) is 14.2. The molecule has 2 atom stereocenters. The molecule has 1 aliphatic rings. The Hall–Kier alpha value is 0.452. The van der Waals surface area contributed by atoms with Crippen molar-refractivity contribution < 1.29 is 85.1 Å². The number of unbranched alkanes of at least 4 members (excludes halogenated alkanes) is 16. The number of ether oxygens (including phenoxy) is 1. The van der Waals surface area contributed by atoms with Gasteiger partial charge in [-0.25, -0.2) is 0 Å². The molecule has 0 aromatic rings. The van der Waals surface area contributed by atoms with Crippen molar-refractivity contribution in [3.8, 4) is 0 Å². The first-order valence-corrected chi connectivity index (χ1v) is 54.3. The minimum Gasteiger partial charge on any atom is -0.424 e. The van der Waals surface area contributed by atoms with Gasteiger partial charge in [0.1, 0.15) is 5.04 Å². The molecule has 0 aromatic carbocycles. The van der Waals surface area contributed by atoms with E-state index in [0.29, 0.717) is 117 Å². The van der Waals surface area contributed by atoms with Gasteiger partial charge in [-0.3, -0.25) is 9.59 Å². The molecule has 0 amide bonds. The molecular formula is C71H156O19Si9. The average Bonchev–Trinajstić information content (AvgIpc) is 1.60. The Balaban J connectivity index is 6.65. The summed E-state index contributed by atoms with van der Waals surface area (Å²) in [5, 5.41) is -2.16. The van der Waals surface area contributed by atoms with E-state index in [2.05, 4.69) is 111 Å². The van der Waals surface area contributed by atoms with Crippen LogP contribution in [0.2, 0.25) is 24.2 Å². The summed E-state index contributed by atoms with van der Waals surface area (Å²) in [5.41, 5.74) is -1.17. The van der Waals surface area contributed by atoms with Crippen molar-refractivity contribution in [3.05, 3.63) is 0 Å². The summed E-state index contributed by atoms with van der Waals surface area (Å²) in [6.07, 6.45) is 24.9. The normalized spacial score (nSPS) is 16.5. The van der Waals surface area contributed by atoms with Crippen LogP contribution in [0.4, 0.5) is 0 Å². The van der Waals surface area contributed by atoms with Crippen molar-refractivity contribution >= 4 is 96.5 Å². The number of carbonyl (C=O) groups is 2. The van der Waals surface area contributed by atoms with Crippen LogP contribution in [0.3, 0.4) is 0 Å². The smallest absolute Gasteiger partial charge is 0.342 e. The van der Waals surface area contributed by atoms with Crippen molar-refractivity contribution in [1.82, 2.24) is 0 Å². The summed E-state index contributed by atoms with van der Waals surface area (Å²) >= 11 is 0. The predicted molar refractivity (Wildman–Crippen MR) is 427 cm³/mol. The fourth-order valence-corrected chi connectivity index (χ4v) is 51.7. The third kappa shape index (κ3) is 31.5. The van der Waals surface area contributed by atoms with Crippen LogP contribution in [-0.4, -0.2) is 202 Å². The van der Waals surface area contributed by atoms with Crippen LogP contribution >= 0.6 is 0 Å². The molecule has 0 aromatic heterocycles. The maximum atomic E-state index is 18.4. The molecule has 590 valence electrons. The Morgan fingerprint density at radius 1 is 0.293 bits per heavy atom. The zero-order valence-corrected chi connectivity index (χ0v) is 77.6. The van der Waals surface area contributed by atoms with Gasteiger partial charge in [-0.2, -0.15) is 0 Å². The third-order valence-electron chi connectivity index (χ3n) is 18.8. The van der Waals surface area contributed by atoms with Crippen LogP contribution in [0.1, 0.15) is 316 Å². The Kier molecular flexibility index (Phi) is 62.4. The van der Waals surface area contributed by atoms with E-state index in [4.69, 9.17) is 75.6 Å². The van der Waals surface area contributed by atoms with E-state index in [-0.39, 0.29) is 39.6 Å². The molecular weight excluding hydrogens is 1410 g/mol. The van der Waals surface area contributed by atoms with Gasteiger partial charge in [0.05, 0.1) is 4.28 Å². The summed E-state index contributed by atoms with van der Waals surface area (Å²) < 4.78 is 129. The van der Waals surface area contributed by atoms with Gasteiger partial charge < -0.3 is 75.6 Å². The van der Waals surface area contributed by atoms with Crippen molar-refractivity contribution in [1.29, 1.82) is 0 Å². The molecule has 1 heterocycles. The molecule has 0 saturated carbocycles. The van der Waals surface area contributed by atoms with E-state index in [0.717, 1.165) is 154 Å². The SMILES string of the molecule is CCCCO[SiH2]C([SiH2]OCCCC)(C([SiH](OCCCC)OCCCC)C1([SiH](OCCCC)OCCCC)C(=O)OC(=O)C1([SiH](OCCCC)OCCCC)[SiH](OCCCC)OCCCC)C([SiH](OCCCC)OCCCC)([SiH](OCCCC)OCCCC)[SiH](OCCCC)OCCCC. The van der Waals surface area contributed by atoms with E-state index in [1.54, 1.807) is 0 Å². The molecule has 0 N–H and O–H groups in total. The molecule has 1 aliphatic heterocycles. The molecule has 2 unspecified atom stereocenters. The quantitative estimate of drug-likeness (QED) is 0.0241. The van der Waals surface area contributed by atoms with Gasteiger partial charge in [-0.15, -0.1) is 0 Å². The molecule has 1 rings (SSSR count). The minimum atomic E-state index is -4.04. The van der Waals surface area contributed by atoms with Crippen molar-refractivity contribution in [2.75, 3.05) is 106 Å². The number of rotatable bonds is 76. The van der Waals surface area contributed by atoms with Crippen LogP contribution in [-0.2, 0) is 85.1 Å². The number of cyclic esters (lactones) is 2. The fourth-order valence-electron chi connectivity index (χ4n) is 12.6. The van der Waals surface area contributed by atoms with Gasteiger partial charge in [0.15, 0.2) is 24.2 Å². The molecule has 1 fully saturated rings. The highest BCUT2D eigenvalue weighted by Gasteiger charge is 2.90.